The number of anilines is 1. The summed E-state index contributed by atoms with van der Waals surface area (Å²) in [6.07, 6.45) is -4.29. The SMILES string of the molecule is Cc1cc(N2Cc3ccc(C(F)(F)F)cc3C2)n(C)n1. The van der Waals surface area contributed by atoms with E-state index in [4.69, 9.17) is 0 Å². The molecule has 0 saturated heterocycles. The Balaban J connectivity index is 1.91. The second-order valence-corrected chi connectivity index (χ2v) is 5.10. The molecule has 1 aliphatic rings. The lowest BCUT2D eigenvalue weighted by Gasteiger charge is -2.16. The first-order valence-electron chi connectivity index (χ1n) is 6.29. The number of aryl methyl sites for hydroxylation is 2. The predicted octanol–water partition coefficient (Wildman–Crippen LogP) is 3.27. The number of aromatic nitrogens is 2. The van der Waals surface area contributed by atoms with Crippen LogP contribution in [0.25, 0.3) is 0 Å². The topological polar surface area (TPSA) is 21.1 Å². The minimum atomic E-state index is -4.29. The van der Waals surface area contributed by atoms with Gasteiger partial charge in [0.25, 0.3) is 0 Å². The highest BCUT2D eigenvalue weighted by atomic mass is 19.4. The molecule has 2 aromatic rings. The third-order valence-electron chi connectivity index (χ3n) is 3.56. The maximum Gasteiger partial charge on any atom is 0.416 e. The van der Waals surface area contributed by atoms with Crippen LogP contribution in [0.15, 0.2) is 24.3 Å². The number of nitrogens with zero attached hydrogens (tertiary/aromatic N) is 3. The van der Waals surface area contributed by atoms with Crippen molar-refractivity contribution in [2.24, 2.45) is 7.05 Å². The minimum absolute atomic E-state index is 0.484. The number of hydrogen-bond acceptors (Lipinski definition) is 2. The number of alkyl halides is 3. The first-order valence-corrected chi connectivity index (χ1v) is 6.29. The van der Waals surface area contributed by atoms with E-state index in [-0.39, 0.29) is 0 Å². The van der Waals surface area contributed by atoms with Crippen LogP contribution in [0.3, 0.4) is 0 Å². The molecule has 3 rings (SSSR count). The molecule has 0 bridgehead atoms. The molecule has 1 aromatic carbocycles. The molecule has 0 fully saturated rings. The van der Waals surface area contributed by atoms with Gasteiger partial charge >= 0.3 is 6.18 Å². The fourth-order valence-electron chi connectivity index (χ4n) is 2.63. The molecule has 0 amide bonds. The van der Waals surface area contributed by atoms with Crippen LogP contribution in [0.1, 0.15) is 22.4 Å². The van der Waals surface area contributed by atoms with E-state index in [0.717, 1.165) is 28.7 Å². The Kier molecular flexibility index (Phi) is 2.77. The molecule has 20 heavy (non-hydrogen) atoms. The predicted molar refractivity (Wildman–Crippen MR) is 69.3 cm³/mol. The molecule has 0 unspecified atom stereocenters. The van der Waals surface area contributed by atoms with E-state index >= 15 is 0 Å². The van der Waals surface area contributed by atoms with Crippen LogP contribution in [-0.4, -0.2) is 9.78 Å². The highest BCUT2D eigenvalue weighted by Gasteiger charge is 2.32. The molecular weight excluding hydrogens is 267 g/mol. The van der Waals surface area contributed by atoms with Gasteiger partial charge in [0.15, 0.2) is 0 Å². The van der Waals surface area contributed by atoms with Crippen molar-refractivity contribution in [2.75, 3.05) is 4.90 Å². The maximum atomic E-state index is 12.7. The zero-order valence-corrected chi connectivity index (χ0v) is 11.2. The molecule has 0 spiro atoms. The molecule has 0 saturated carbocycles. The van der Waals surface area contributed by atoms with Crippen LogP contribution in [0.4, 0.5) is 19.0 Å². The fourth-order valence-corrected chi connectivity index (χ4v) is 2.63. The molecule has 1 aromatic heterocycles. The van der Waals surface area contributed by atoms with E-state index in [2.05, 4.69) is 5.10 Å². The summed E-state index contributed by atoms with van der Waals surface area (Å²) in [5.74, 6) is 0.923. The molecule has 6 heteroatoms. The monoisotopic (exact) mass is 281 g/mol. The number of fused-ring (bicyclic) bond motifs is 1. The Labute approximate surface area is 114 Å². The lowest BCUT2D eigenvalue weighted by atomic mass is 10.1. The number of benzene rings is 1. The smallest absolute Gasteiger partial charge is 0.348 e. The first-order chi connectivity index (χ1) is 9.34. The van der Waals surface area contributed by atoms with E-state index in [1.165, 1.54) is 6.07 Å². The minimum Gasteiger partial charge on any atom is -0.348 e. The summed E-state index contributed by atoms with van der Waals surface area (Å²) in [6, 6.07) is 5.91. The van der Waals surface area contributed by atoms with Gasteiger partial charge in [-0.15, -0.1) is 0 Å². The van der Waals surface area contributed by atoms with Crippen LogP contribution >= 0.6 is 0 Å². The Morgan fingerprint density at radius 1 is 1.10 bits per heavy atom. The van der Waals surface area contributed by atoms with E-state index in [1.807, 2.05) is 24.9 Å². The third kappa shape index (κ3) is 2.15. The van der Waals surface area contributed by atoms with Crippen molar-refractivity contribution in [3.8, 4) is 0 Å². The molecule has 0 aliphatic carbocycles. The third-order valence-corrected chi connectivity index (χ3v) is 3.56. The summed E-state index contributed by atoms with van der Waals surface area (Å²) in [4.78, 5) is 2.03. The Bertz CT molecular complexity index is 658. The standard InChI is InChI=1S/C14H14F3N3/c1-9-5-13(19(2)18-9)20-7-10-3-4-12(14(15,16)17)6-11(10)8-20/h3-6H,7-8H2,1-2H3. The molecule has 2 heterocycles. The van der Waals surface area contributed by atoms with Crippen LogP contribution in [0.2, 0.25) is 0 Å². The fraction of sp³-hybridized carbons (Fsp3) is 0.357. The zero-order chi connectivity index (χ0) is 14.5. The van der Waals surface area contributed by atoms with Gasteiger partial charge in [-0.1, -0.05) is 6.07 Å². The van der Waals surface area contributed by atoms with Gasteiger partial charge in [-0.05, 0) is 30.2 Å². The normalized spacial score (nSPS) is 14.8. The van der Waals surface area contributed by atoms with Crippen molar-refractivity contribution in [2.45, 2.75) is 26.2 Å². The largest absolute Gasteiger partial charge is 0.416 e. The summed E-state index contributed by atoms with van der Waals surface area (Å²) in [5.41, 5.74) is 1.99. The molecule has 0 atom stereocenters. The Hall–Kier alpha value is -1.98. The summed E-state index contributed by atoms with van der Waals surface area (Å²) in [5, 5.41) is 4.27. The van der Waals surface area contributed by atoms with Gasteiger partial charge in [-0.3, -0.25) is 4.68 Å². The number of halogens is 3. The number of hydrogen-bond donors (Lipinski definition) is 0. The van der Waals surface area contributed by atoms with E-state index < -0.39 is 11.7 Å². The van der Waals surface area contributed by atoms with Gasteiger partial charge in [0.05, 0.1) is 11.3 Å². The summed E-state index contributed by atoms with van der Waals surface area (Å²) in [6.45, 7) is 3.00. The van der Waals surface area contributed by atoms with Crippen LogP contribution in [0.5, 0.6) is 0 Å². The van der Waals surface area contributed by atoms with Gasteiger partial charge in [-0.2, -0.15) is 18.3 Å². The summed E-state index contributed by atoms with van der Waals surface area (Å²) in [7, 11) is 1.84. The molecular formula is C14H14F3N3. The number of rotatable bonds is 1. The zero-order valence-electron chi connectivity index (χ0n) is 11.2. The highest BCUT2D eigenvalue weighted by Crippen LogP contribution is 2.34. The van der Waals surface area contributed by atoms with E-state index in [0.29, 0.717) is 13.1 Å². The van der Waals surface area contributed by atoms with Gasteiger partial charge in [0.1, 0.15) is 5.82 Å². The maximum absolute atomic E-state index is 12.7. The van der Waals surface area contributed by atoms with E-state index in [1.54, 1.807) is 10.7 Å². The van der Waals surface area contributed by atoms with Crippen molar-refractivity contribution in [1.29, 1.82) is 0 Å². The van der Waals surface area contributed by atoms with E-state index in [9.17, 15) is 13.2 Å². The summed E-state index contributed by atoms with van der Waals surface area (Å²) < 4.78 is 39.9. The van der Waals surface area contributed by atoms with Crippen LogP contribution in [0, 0.1) is 6.92 Å². The molecule has 106 valence electrons. The molecule has 1 aliphatic heterocycles. The molecule has 0 radical (unpaired) electrons. The summed E-state index contributed by atoms with van der Waals surface area (Å²) >= 11 is 0. The lowest BCUT2D eigenvalue weighted by molar-refractivity contribution is -0.137. The van der Waals surface area contributed by atoms with Crippen LogP contribution < -0.4 is 4.90 Å². The van der Waals surface area contributed by atoms with Gasteiger partial charge in [0.2, 0.25) is 0 Å². The van der Waals surface area contributed by atoms with Crippen LogP contribution in [-0.2, 0) is 26.3 Å². The second-order valence-electron chi connectivity index (χ2n) is 5.10. The average Bonchev–Trinajstić information content (AvgIpc) is 2.89. The van der Waals surface area contributed by atoms with Gasteiger partial charge in [0, 0.05) is 26.2 Å². The lowest BCUT2D eigenvalue weighted by Crippen LogP contribution is -2.17. The van der Waals surface area contributed by atoms with Gasteiger partial charge < -0.3 is 4.90 Å². The quantitative estimate of drug-likeness (QED) is 0.800. The molecule has 3 nitrogen and oxygen atoms in total. The second kappa shape index (κ2) is 4.26. The van der Waals surface area contributed by atoms with Gasteiger partial charge in [-0.25, -0.2) is 0 Å². The van der Waals surface area contributed by atoms with Crippen molar-refractivity contribution >= 4 is 5.82 Å². The Morgan fingerprint density at radius 2 is 1.80 bits per heavy atom. The van der Waals surface area contributed by atoms with Crippen molar-refractivity contribution in [3.63, 3.8) is 0 Å². The average molecular weight is 281 g/mol. The Morgan fingerprint density at radius 3 is 2.40 bits per heavy atom. The van der Waals surface area contributed by atoms with Crippen molar-refractivity contribution in [1.82, 2.24) is 9.78 Å². The van der Waals surface area contributed by atoms with Crippen molar-refractivity contribution in [3.05, 3.63) is 46.6 Å². The molecule has 0 N–H and O–H groups in total. The van der Waals surface area contributed by atoms with Crippen molar-refractivity contribution < 1.29 is 13.2 Å². The highest BCUT2D eigenvalue weighted by molar-refractivity contribution is 5.49. The first kappa shape index (κ1) is 13.0.